The molecule has 1 aliphatic rings. The molecule has 1 unspecified atom stereocenters. The molecule has 1 fully saturated rings. The lowest BCUT2D eigenvalue weighted by Crippen LogP contribution is -2.30. The number of benzene rings is 2. The minimum absolute atomic E-state index is 0.154. The van der Waals surface area contributed by atoms with E-state index in [1.165, 1.54) is 25.4 Å². The number of carbonyl (C=O) groups is 2. The zero-order valence-corrected chi connectivity index (χ0v) is 17.7. The van der Waals surface area contributed by atoms with Crippen molar-refractivity contribution in [2.24, 2.45) is 0 Å². The molecule has 2 N–H and O–H groups in total. The van der Waals surface area contributed by atoms with Crippen LogP contribution in [-0.2, 0) is 9.59 Å². The van der Waals surface area contributed by atoms with Crippen LogP contribution in [0.25, 0.3) is 16.8 Å². The van der Waals surface area contributed by atoms with Gasteiger partial charge in [-0.05, 0) is 36.4 Å². The summed E-state index contributed by atoms with van der Waals surface area (Å²) in [7, 11) is 2.87. The molecule has 9 heteroatoms. The summed E-state index contributed by atoms with van der Waals surface area (Å²) in [5, 5.41) is 11.4. The summed E-state index contributed by atoms with van der Waals surface area (Å²) >= 11 is 0. The van der Waals surface area contributed by atoms with Crippen LogP contribution in [0.2, 0.25) is 0 Å². The van der Waals surface area contributed by atoms with Gasteiger partial charge in [0.15, 0.2) is 0 Å². The molecule has 4 aromatic rings. The average molecular weight is 445 g/mol. The summed E-state index contributed by atoms with van der Waals surface area (Å²) < 4.78 is 16.3. The van der Waals surface area contributed by atoms with Crippen molar-refractivity contribution in [1.29, 1.82) is 0 Å². The van der Waals surface area contributed by atoms with E-state index in [0.29, 0.717) is 11.0 Å². The van der Waals surface area contributed by atoms with Gasteiger partial charge in [0, 0.05) is 0 Å². The van der Waals surface area contributed by atoms with Crippen molar-refractivity contribution < 1.29 is 28.6 Å². The molecule has 0 aliphatic carbocycles. The number of Topliss-reactive ketones (excluding diaryl/α,β-unsaturated/α-hetero) is 1. The van der Waals surface area contributed by atoms with E-state index in [4.69, 9.17) is 13.9 Å². The van der Waals surface area contributed by atoms with Crippen molar-refractivity contribution in [3.8, 4) is 11.5 Å². The number of imidazole rings is 1. The fourth-order valence-electron chi connectivity index (χ4n) is 4.04. The molecule has 166 valence electrons. The lowest BCUT2D eigenvalue weighted by Gasteiger charge is -2.21. The lowest BCUT2D eigenvalue weighted by atomic mass is 9.98. The quantitative estimate of drug-likeness (QED) is 0.273. The normalized spacial score (nSPS) is 17.6. The van der Waals surface area contributed by atoms with Crippen LogP contribution in [0.15, 0.2) is 70.9 Å². The third-order valence-electron chi connectivity index (χ3n) is 5.53. The van der Waals surface area contributed by atoms with E-state index < -0.39 is 23.5 Å². The Balaban J connectivity index is 1.76. The highest BCUT2D eigenvalue weighted by molar-refractivity contribution is 6.51. The van der Waals surface area contributed by atoms with Crippen LogP contribution in [-0.4, -0.2) is 41.0 Å². The maximum atomic E-state index is 13.2. The molecule has 3 heterocycles. The highest BCUT2D eigenvalue weighted by atomic mass is 16.5. The third-order valence-corrected chi connectivity index (χ3v) is 5.53. The van der Waals surface area contributed by atoms with Gasteiger partial charge in [0.1, 0.15) is 34.6 Å². The summed E-state index contributed by atoms with van der Waals surface area (Å²) in [6.45, 7) is 0. The fraction of sp³-hybridized carbons (Fsp3) is 0.125. The van der Waals surface area contributed by atoms with Crippen LogP contribution in [0.1, 0.15) is 17.4 Å². The van der Waals surface area contributed by atoms with E-state index in [-0.39, 0.29) is 34.3 Å². The SMILES string of the molecule is COc1cccc(OC)c1/C(O)=C1\C(=O)C(=O)N(c2nc3ccccc3[nH]2)C1c1ccco1. The van der Waals surface area contributed by atoms with E-state index in [1.54, 1.807) is 36.4 Å². The molecule has 2 aromatic carbocycles. The number of para-hydroxylation sites is 2. The topological polar surface area (TPSA) is 118 Å². The minimum atomic E-state index is -1.06. The molecular formula is C24H19N3O6. The number of hydrogen-bond donors (Lipinski definition) is 2. The lowest BCUT2D eigenvalue weighted by molar-refractivity contribution is -0.132. The average Bonchev–Trinajstić information content (AvgIpc) is 3.56. The number of amides is 1. The van der Waals surface area contributed by atoms with E-state index in [1.807, 2.05) is 18.2 Å². The number of rotatable bonds is 5. The van der Waals surface area contributed by atoms with E-state index >= 15 is 0 Å². The number of aromatic amines is 1. The molecule has 1 amide bonds. The third kappa shape index (κ3) is 3.13. The van der Waals surface area contributed by atoms with Crippen molar-refractivity contribution >= 4 is 34.4 Å². The van der Waals surface area contributed by atoms with Crippen molar-refractivity contribution in [1.82, 2.24) is 9.97 Å². The molecule has 0 radical (unpaired) electrons. The standard InChI is InChI=1S/C24H19N3O6/c1-31-15-9-5-10-16(32-2)18(15)21(28)19-20(17-11-6-12-33-17)27(23(30)22(19)29)24-25-13-7-3-4-8-14(13)26-24/h3-12,20,28H,1-2H3,(H,25,26)/b21-19+. The largest absolute Gasteiger partial charge is 0.506 e. The van der Waals surface area contributed by atoms with Crippen LogP contribution in [0.5, 0.6) is 11.5 Å². The number of aliphatic hydroxyl groups is 1. The minimum Gasteiger partial charge on any atom is -0.506 e. The van der Waals surface area contributed by atoms with Gasteiger partial charge in [0.25, 0.3) is 5.78 Å². The maximum absolute atomic E-state index is 13.2. The van der Waals surface area contributed by atoms with Crippen LogP contribution < -0.4 is 14.4 Å². The first kappa shape index (κ1) is 20.4. The van der Waals surface area contributed by atoms with Crippen LogP contribution in [0.4, 0.5) is 5.95 Å². The highest BCUT2D eigenvalue weighted by Crippen LogP contribution is 2.44. The Labute approximate surface area is 187 Å². The summed E-state index contributed by atoms with van der Waals surface area (Å²) in [6, 6.07) is 14.4. The number of hydrogen-bond acceptors (Lipinski definition) is 7. The number of aromatic nitrogens is 2. The molecule has 33 heavy (non-hydrogen) atoms. The first-order valence-electron chi connectivity index (χ1n) is 10.1. The summed E-state index contributed by atoms with van der Waals surface area (Å²) in [5.74, 6) is -1.19. The first-order valence-corrected chi connectivity index (χ1v) is 10.1. The van der Waals surface area contributed by atoms with Crippen LogP contribution >= 0.6 is 0 Å². The maximum Gasteiger partial charge on any atom is 0.302 e. The fourth-order valence-corrected chi connectivity index (χ4v) is 4.04. The van der Waals surface area contributed by atoms with E-state index in [2.05, 4.69) is 9.97 Å². The number of ether oxygens (including phenoxy) is 2. The van der Waals surface area contributed by atoms with Gasteiger partial charge < -0.3 is 24.0 Å². The summed E-state index contributed by atoms with van der Waals surface area (Å²) in [5.41, 5.74) is 1.30. The molecule has 1 saturated heterocycles. The van der Waals surface area contributed by atoms with Gasteiger partial charge in [0.05, 0.1) is 37.1 Å². The van der Waals surface area contributed by atoms with Gasteiger partial charge in [-0.1, -0.05) is 18.2 Å². The Kier molecular flexibility index (Phi) is 4.86. The van der Waals surface area contributed by atoms with Gasteiger partial charge in [-0.3, -0.25) is 14.5 Å². The molecule has 0 bridgehead atoms. The van der Waals surface area contributed by atoms with Gasteiger partial charge in [-0.15, -0.1) is 0 Å². The molecule has 5 rings (SSSR count). The summed E-state index contributed by atoms with van der Waals surface area (Å²) in [6.07, 6.45) is 1.43. The number of carbonyl (C=O) groups excluding carboxylic acids is 2. The zero-order valence-electron chi connectivity index (χ0n) is 17.7. The second-order valence-corrected chi connectivity index (χ2v) is 7.30. The van der Waals surface area contributed by atoms with Crippen molar-refractivity contribution in [3.05, 3.63) is 77.8 Å². The van der Waals surface area contributed by atoms with E-state index in [0.717, 1.165) is 0 Å². The Hall–Kier alpha value is -4.53. The number of aliphatic hydroxyl groups excluding tert-OH is 1. The molecule has 0 saturated carbocycles. The number of nitrogens with one attached hydrogen (secondary N) is 1. The Morgan fingerprint density at radius 1 is 1.03 bits per heavy atom. The Bertz CT molecular complexity index is 1350. The molecule has 1 aliphatic heterocycles. The van der Waals surface area contributed by atoms with Crippen molar-refractivity contribution in [2.75, 3.05) is 19.1 Å². The summed E-state index contributed by atoms with van der Waals surface area (Å²) in [4.78, 5) is 35.2. The molecule has 9 nitrogen and oxygen atoms in total. The van der Waals surface area contributed by atoms with Gasteiger partial charge in [-0.2, -0.15) is 0 Å². The Morgan fingerprint density at radius 2 is 1.76 bits per heavy atom. The second-order valence-electron chi connectivity index (χ2n) is 7.30. The predicted molar refractivity (Wildman–Crippen MR) is 119 cm³/mol. The predicted octanol–water partition coefficient (Wildman–Crippen LogP) is 3.80. The number of ketones is 1. The molecular weight excluding hydrogens is 426 g/mol. The number of anilines is 1. The zero-order chi connectivity index (χ0) is 23.1. The van der Waals surface area contributed by atoms with Crippen LogP contribution in [0.3, 0.4) is 0 Å². The highest BCUT2D eigenvalue weighted by Gasteiger charge is 2.50. The molecule has 1 atom stereocenters. The van der Waals surface area contributed by atoms with Crippen molar-refractivity contribution in [3.63, 3.8) is 0 Å². The number of H-pyrrole nitrogens is 1. The number of fused-ring (bicyclic) bond motifs is 1. The monoisotopic (exact) mass is 445 g/mol. The van der Waals surface area contributed by atoms with E-state index in [9.17, 15) is 14.7 Å². The number of furan rings is 1. The van der Waals surface area contributed by atoms with Gasteiger partial charge in [0.2, 0.25) is 5.95 Å². The van der Waals surface area contributed by atoms with Gasteiger partial charge >= 0.3 is 5.91 Å². The van der Waals surface area contributed by atoms with Gasteiger partial charge in [-0.25, -0.2) is 4.98 Å². The Morgan fingerprint density at radius 3 is 2.39 bits per heavy atom. The molecule has 0 spiro atoms. The first-order chi connectivity index (χ1) is 16.0. The number of nitrogens with zero attached hydrogens (tertiary/aromatic N) is 2. The van der Waals surface area contributed by atoms with Crippen molar-refractivity contribution in [2.45, 2.75) is 6.04 Å². The number of methoxy groups -OCH3 is 2. The molecule has 2 aromatic heterocycles. The second kappa shape index (κ2) is 7.86. The smallest absolute Gasteiger partial charge is 0.302 e. The van der Waals surface area contributed by atoms with Crippen LogP contribution in [0, 0.1) is 0 Å².